The Balaban J connectivity index is 1.40. The second-order valence-electron chi connectivity index (χ2n) is 8.30. The van der Waals surface area contributed by atoms with Gasteiger partial charge in [0.25, 0.3) is 0 Å². The first-order valence-corrected chi connectivity index (χ1v) is 12.1. The quantitative estimate of drug-likeness (QED) is 0.314. The minimum atomic E-state index is -0.0926. The van der Waals surface area contributed by atoms with Gasteiger partial charge < -0.3 is 19.8 Å². The van der Waals surface area contributed by atoms with Gasteiger partial charge in [-0.25, -0.2) is 0 Å². The largest absolute Gasteiger partial charge is 0.508 e. The second-order valence-corrected chi connectivity index (χ2v) is 9.35. The number of rotatable bonds is 7. The van der Waals surface area contributed by atoms with Gasteiger partial charge in [0, 0.05) is 32.6 Å². The molecule has 0 saturated heterocycles. The lowest BCUT2D eigenvalue weighted by Gasteiger charge is -2.23. The van der Waals surface area contributed by atoms with E-state index in [4.69, 9.17) is 4.74 Å². The van der Waals surface area contributed by atoms with Gasteiger partial charge in [0.15, 0.2) is 5.78 Å². The van der Waals surface area contributed by atoms with Crippen molar-refractivity contribution in [2.75, 3.05) is 19.7 Å². The number of carbonyl (C=O) groups excluding carboxylic acids is 1. The van der Waals surface area contributed by atoms with Crippen molar-refractivity contribution >= 4 is 27.2 Å². The van der Waals surface area contributed by atoms with Crippen LogP contribution in [0.25, 0.3) is 20.5 Å². The molecule has 1 aliphatic heterocycles. The maximum absolute atomic E-state index is 13.6. The fourth-order valence-electron chi connectivity index (χ4n) is 4.15. The minimum Gasteiger partial charge on any atom is -0.508 e. The van der Waals surface area contributed by atoms with Crippen LogP contribution in [-0.2, 0) is 0 Å². The summed E-state index contributed by atoms with van der Waals surface area (Å²) in [6.45, 7) is 2.48. The van der Waals surface area contributed by atoms with Gasteiger partial charge in [-0.2, -0.15) is 0 Å². The molecule has 0 bridgehead atoms. The van der Waals surface area contributed by atoms with Crippen LogP contribution < -0.4 is 4.74 Å². The molecular weight excluding hydrogens is 446 g/mol. The summed E-state index contributed by atoms with van der Waals surface area (Å²) in [5, 5.41) is 20.4. The second kappa shape index (κ2) is 9.61. The van der Waals surface area contributed by atoms with Crippen LogP contribution in [0.2, 0.25) is 0 Å². The van der Waals surface area contributed by atoms with Gasteiger partial charge in [-0.3, -0.25) is 4.79 Å². The van der Waals surface area contributed by atoms with Crippen molar-refractivity contribution in [2.45, 2.75) is 12.8 Å². The molecule has 4 aromatic rings. The molecule has 0 aliphatic carbocycles. The van der Waals surface area contributed by atoms with E-state index in [2.05, 4.69) is 17.2 Å². The molecule has 0 saturated carbocycles. The zero-order chi connectivity index (χ0) is 23.5. The number of aromatic hydroxyl groups is 2. The van der Waals surface area contributed by atoms with Gasteiger partial charge in [0.2, 0.25) is 0 Å². The molecule has 2 N–H and O–H groups in total. The number of fused-ring (bicyclic) bond motifs is 1. The van der Waals surface area contributed by atoms with Gasteiger partial charge >= 0.3 is 0 Å². The Kier molecular flexibility index (Phi) is 6.23. The van der Waals surface area contributed by atoms with Gasteiger partial charge in [0.05, 0.1) is 6.54 Å². The fraction of sp³-hybridized carbons (Fsp3) is 0.179. The lowest BCUT2D eigenvalue weighted by Crippen LogP contribution is -2.26. The molecule has 1 aromatic heterocycles. The molecule has 3 aromatic carbocycles. The number of hydrogen-bond donors (Lipinski definition) is 2. The van der Waals surface area contributed by atoms with Crippen molar-refractivity contribution in [1.29, 1.82) is 0 Å². The monoisotopic (exact) mass is 471 g/mol. The van der Waals surface area contributed by atoms with Gasteiger partial charge in [-0.05, 0) is 91.3 Å². The van der Waals surface area contributed by atoms with Crippen LogP contribution in [-0.4, -0.2) is 40.6 Å². The number of hydrogen-bond acceptors (Lipinski definition) is 6. The van der Waals surface area contributed by atoms with Gasteiger partial charge in [-0.15, -0.1) is 11.3 Å². The average Bonchev–Trinajstić information content (AvgIpc) is 3.23. The van der Waals surface area contributed by atoms with E-state index in [0.29, 0.717) is 17.7 Å². The Labute approximate surface area is 202 Å². The van der Waals surface area contributed by atoms with Crippen LogP contribution in [0, 0.1) is 0 Å². The third kappa shape index (κ3) is 4.63. The van der Waals surface area contributed by atoms with Crippen molar-refractivity contribution in [2.24, 2.45) is 0 Å². The van der Waals surface area contributed by atoms with E-state index in [1.54, 1.807) is 54.6 Å². The predicted octanol–water partition coefficient (Wildman–Crippen LogP) is 6.20. The number of ether oxygens (including phenoxy) is 1. The third-order valence-electron chi connectivity index (χ3n) is 5.93. The summed E-state index contributed by atoms with van der Waals surface area (Å²) in [5.74, 6) is 0.968. The first-order chi connectivity index (χ1) is 16.6. The van der Waals surface area contributed by atoms with E-state index in [0.717, 1.165) is 45.8 Å². The first kappa shape index (κ1) is 22.0. The highest BCUT2D eigenvalue weighted by atomic mass is 32.1. The first-order valence-electron chi connectivity index (χ1n) is 11.3. The molecule has 0 amide bonds. The molecule has 2 heterocycles. The zero-order valence-corrected chi connectivity index (χ0v) is 19.4. The molecule has 1 aliphatic rings. The number of thiophene rings is 1. The number of benzene rings is 3. The van der Waals surface area contributed by atoms with Crippen LogP contribution in [0.15, 0.2) is 79.0 Å². The third-order valence-corrected chi connectivity index (χ3v) is 7.13. The molecule has 0 spiro atoms. The summed E-state index contributed by atoms with van der Waals surface area (Å²) < 4.78 is 6.72. The summed E-state index contributed by atoms with van der Waals surface area (Å²) in [6, 6.07) is 19.1. The molecule has 0 unspecified atom stereocenters. The highest BCUT2D eigenvalue weighted by Crippen LogP contribution is 2.41. The normalized spacial score (nSPS) is 13.4. The maximum Gasteiger partial charge on any atom is 0.195 e. The predicted molar refractivity (Wildman–Crippen MR) is 136 cm³/mol. The summed E-state index contributed by atoms with van der Waals surface area (Å²) in [7, 11) is 0. The van der Waals surface area contributed by atoms with Crippen molar-refractivity contribution in [3.8, 4) is 27.7 Å². The van der Waals surface area contributed by atoms with Crippen molar-refractivity contribution < 1.29 is 19.7 Å². The van der Waals surface area contributed by atoms with Crippen LogP contribution in [0.5, 0.6) is 17.2 Å². The Morgan fingerprint density at radius 3 is 2.47 bits per heavy atom. The van der Waals surface area contributed by atoms with Crippen LogP contribution in [0.4, 0.5) is 0 Å². The fourth-order valence-corrected chi connectivity index (χ4v) is 5.39. The molecule has 5 nitrogen and oxygen atoms in total. The minimum absolute atomic E-state index is 0.0926. The summed E-state index contributed by atoms with van der Waals surface area (Å²) in [6.07, 6.45) is 6.63. The van der Waals surface area contributed by atoms with E-state index >= 15 is 0 Å². The van der Waals surface area contributed by atoms with Crippen LogP contribution in [0.1, 0.15) is 28.8 Å². The van der Waals surface area contributed by atoms with Crippen LogP contribution in [0.3, 0.4) is 0 Å². The Hall–Kier alpha value is -3.77. The van der Waals surface area contributed by atoms with E-state index in [9.17, 15) is 15.0 Å². The molecule has 172 valence electrons. The molecule has 34 heavy (non-hydrogen) atoms. The standard InChI is InChI=1S/C28H25NO4S/c30-21-8-4-20(5-9-21)28-26(24-13-10-22(31)18-25(24)34-28)27(32)19-6-11-23(12-7-19)33-17-16-29-14-2-1-3-15-29/h2,4-14,18,30-31H,1,3,15-17H2. The molecule has 0 radical (unpaired) electrons. The summed E-state index contributed by atoms with van der Waals surface area (Å²) in [5.41, 5.74) is 2.00. The summed E-state index contributed by atoms with van der Waals surface area (Å²) >= 11 is 1.45. The van der Waals surface area contributed by atoms with Crippen molar-refractivity contribution in [3.63, 3.8) is 0 Å². The molecule has 0 atom stereocenters. The lowest BCUT2D eigenvalue weighted by atomic mass is 9.97. The SMILES string of the molecule is O=C(c1ccc(OCCN2C=CCCC2)cc1)c1c(-c2ccc(O)cc2)sc2cc(O)ccc12. The number of carbonyl (C=O) groups is 1. The van der Waals surface area contributed by atoms with E-state index in [1.165, 1.54) is 17.8 Å². The topological polar surface area (TPSA) is 70.0 Å². The number of allylic oxidation sites excluding steroid dienone is 1. The van der Waals surface area contributed by atoms with E-state index in [-0.39, 0.29) is 17.3 Å². The van der Waals surface area contributed by atoms with Gasteiger partial charge in [-0.1, -0.05) is 6.08 Å². The molecular formula is C28H25NO4S. The summed E-state index contributed by atoms with van der Waals surface area (Å²) in [4.78, 5) is 16.7. The molecule has 0 fully saturated rings. The van der Waals surface area contributed by atoms with Gasteiger partial charge in [0.1, 0.15) is 23.9 Å². The Morgan fingerprint density at radius 1 is 0.971 bits per heavy atom. The highest BCUT2D eigenvalue weighted by molar-refractivity contribution is 7.22. The molecule has 5 rings (SSSR count). The van der Waals surface area contributed by atoms with E-state index < -0.39 is 0 Å². The average molecular weight is 472 g/mol. The number of phenols is 2. The van der Waals surface area contributed by atoms with E-state index in [1.807, 2.05) is 12.1 Å². The lowest BCUT2D eigenvalue weighted by molar-refractivity contribution is 0.104. The smallest absolute Gasteiger partial charge is 0.195 e. The number of ketones is 1. The Bertz CT molecular complexity index is 1340. The highest BCUT2D eigenvalue weighted by Gasteiger charge is 2.22. The van der Waals surface area contributed by atoms with Crippen molar-refractivity contribution in [3.05, 3.63) is 90.1 Å². The van der Waals surface area contributed by atoms with Crippen LogP contribution >= 0.6 is 11.3 Å². The molecule has 6 heteroatoms. The number of phenolic OH excluding ortho intramolecular Hbond substituents is 2. The Morgan fingerprint density at radius 2 is 1.74 bits per heavy atom. The zero-order valence-electron chi connectivity index (χ0n) is 18.6. The van der Waals surface area contributed by atoms with Crippen molar-refractivity contribution in [1.82, 2.24) is 4.90 Å². The maximum atomic E-state index is 13.6. The number of nitrogens with zero attached hydrogens (tertiary/aromatic N) is 1.